The maximum absolute atomic E-state index is 2.39. The molecule has 0 amide bonds. The van der Waals surface area contributed by atoms with Crippen molar-refractivity contribution in [1.29, 1.82) is 0 Å². The van der Waals surface area contributed by atoms with Gasteiger partial charge >= 0.3 is 0 Å². The summed E-state index contributed by atoms with van der Waals surface area (Å²) >= 11 is 3.69. The first-order chi connectivity index (χ1) is 8.29. The monoisotopic (exact) mass is 278 g/mol. The molecule has 2 rings (SSSR count). The summed E-state index contributed by atoms with van der Waals surface area (Å²) in [5.74, 6) is 0. The summed E-state index contributed by atoms with van der Waals surface area (Å²) in [4.78, 5) is 1.48. The second kappa shape index (κ2) is 4.82. The normalized spacial score (nSPS) is 12.9. The molecule has 2 heteroatoms. The van der Waals surface area contributed by atoms with Gasteiger partial charge in [-0.1, -0.05) is 34.6 Å². The summed E-state index contributed by atoms with van der Waals surface area (Å²) < 4.78 is 0. The Morgan fingerprint density at radius 2 is 1.78 bits per heavy atom. The molecule has 0 aromatic carbocycles. The van der Waals surface area contributed by atoms with Crippen molar-refractivity contribution in [3.05, 3.63) is 44.3 Å². The Morgan fingerprint density at radius 3 is 2.28 bits per heavy atom. The van der Waals surface area contributed by atoms with Crippen molar-refractivity contribution >= 4 is 22.7 Å². The highest BCUT2D eigenvalue weighted by Crippen LogP contribution is 2.34. The van der Waals surface area contributed by atoms with Gasteiger partial charge in [0.25, 0.3) is 0 Å². The highest BCUT2D eigenvalue weighted by Gasteiger charge is 2.23. The van der Waals surface area contributed by atoms with Gasteiger partial charge in [-0.2, -0.15) is 11.3 Å². The molecule has 0 radical (unpaired) electrons. The lowest BCUT2D eigenvalue weighted by molar-refractivity contribution is 0.524. The topological polar surface area (TPSA) is 0 Å². The predicted octanol–water partition coefficient (Wildman–Crippen LogP) is 5.63. The molecule has 0 aliphatic carbocycles. The fraction of sp³-hybridized carbons (Fsp3) is 0.500. The molecular weight excluding hydrogens is 256 g/mol. The fourth-order valence-corrected chi connectivity index (χ4v) is 3.97. The van der Waals surface area contributed by atoms with Crippen LogP contribution >= 0.6 is 22.7 Å². The molecule has 2 aromatic heterocycles. The first-order valence-corrected chi connectivity index (χ1v) is 8.22. The summed E-state index contributed by atoms with van der Waals surface area (Å²) in [6, 6.07) is 4.64. The number of hydrogen-bond donors (Lipinski definition) is 0. The average molecular weight is 278 g/mol. The van der Waals surface area contributed by atoms with Crippen molar-refractivity contribution in [2.45, 2.75) is 51.9 Å². The molecule has 98 valence electrons. The van der Waals surface area contributed by atoms with Gasteiger partial charge in [0.1, 0.15) is 0 Å². The molecule has 2 aromatic rings. The van der Waals surface area contributed by atoms with Crippen LogP contribution in [-0.2, 0) is 17.3 Å². The highest BCUT2D eigenvalue weighted by molar-refractivity contribution is 7.10. The van der Waals surface area contributed by atoms with Crippen LogP contribution in [0, 0.1) is 0 Å². The molecule has 0 aliphatic heterocycles. The van der Waals surface area contributed by atoms with Gasteiger partial charge in [0.05, 0.1) is 0 Å². The van der Waals surface area contributed by atoms with Gasteiger partial charge in [-0.05, 0) is 56.7 Å². The van der Waals surface area contributed by atoms with Crippen LogP contribution in [0.4, 0.5) is 0 Å². The third-order valence-electron chi connectivity index (χ3n) is 3.34. The summed E-state index contributed by atoms with van der Waals surface area (Å²) in [5.41, 5.74) is 3.43. The minimum atomic E-state index is 0.232. The number of rotatable bonds is 3. The molecule has 0 atom stereocenters. The summed E-state index contributed by atoms with van der Waals surface area (Å²) in [6.07, 6.45) is 1.12. The van der Waals surface area contributed by atoms with Gasteiger partial charge in [-0.3, -0.25) is 0 Å². The lowest BCUT2D eigenvalue weighted by Gasteiger charge is -2.23. The molecule has 0 nitrogen and oxygen atoms in total. The van der Waals surface area contributed by atoms with Crippen molar-refractivity contribution in [1.82, 2.24) is 0 Å². The van der Waals surface area contributed by atoms with Gasteiger partial charge < -0.3 is 0 Å². The summed E-state index contributed by atoms with van der Waals surface area (Å²) in [6.45, 7) is 11.5. The van der Waals surface area contributed by atoms with E-state index in [0.29, 0.717) is 0 Å². The predicted molar refractivity (Wildman–Crippen MR) is 84.1 cm³/mol. The molecule has 0 bridgehead atoms. The molecular formula is C16H22S2. The lowest BCUT2D eigenvalue weighted by atomic mass is 9.81. The molecule has 0 aliphatic rings. The maximum atomic E-state index is 2.39. The number of thiophene rings is 2. The van der Waals surface area contributed by atoms with Crippen molar-refractivity contribution in [2.75, 3.05) is 0 Å². The maximum Gasteiger partial charge on any atom is 0.0102 e. The quantitative estimate of drug-likeness (QED) is 0.683. The first-order valence-electron chi connectivity index (χ1n) is 6.40. The largest absolute Gasteiger partial charge is 0.152 e. The van der Waals surface area contributed by atoms with Crippen LogP contribution in [0.1, 0.15) is 50.6 Å². The van der Waals surface area contributed by atoms with Gasteiger partial charge in [-0.25, -0.2) is 0 Å². The Kier molecular flexibility index (Phi) is 3.70. The Hall–Kier alpha value is -0.600. The summed E-state index contributed by atoms with van der Waals surface area (Å²) in [7, 11) is 0. The molecule has 0 unspecified atom stereocenters. The van der Waals surface area contributed by atoms with E-state index in [4.69, 9.17) is 0 Å². The molecule has 18 heavy (non-hydrogen) atoms. The van der Waals surface area contributed by atoms with E-state index in [2.05, 4.69) is 62.9 Å². The van der Waals surface area contributed by atoms with Crippen LogP contribution < -0.4 is 0 Å². The minimum Gasteiger partial charge on any atom is -0.152 e. The molecule has 0 fully saturated rings. The second-order valence-corrected chi connectivity index (χ2v) is 8.33. The van der Waals surface area contributed by atoms with E-state index in [1.165, 1.54) is 16.0 Å². The molecule has 0 saturated heterocycles. The first kappa shape index (κ1) is 13.8. The summed E-state index contributed by atoms with van der Waals surface area (Å²) in [5, 5.41) is 6.77. The third kappa shape index (κ3) is 3.04. The standard InChI is InChI=1S/C16H22S2/c1-15(2,3)14-8-12(10-18-14)9-16(4,5)13-6-7-17-11-13/h6-8,10-11H,9H2,1-5H3. The van der Waals surface area contributed by atoms with Crippen LogP contribution in [0.2, 0.25) is 0 Å². The third-order valence-corrected chi connectivity index (χ3v) is 5.43. The van der Waals surface area contributed by atoms with Gasteiger partial charge in [0.2, 0.25) is 0 Å². The highest BCUT2D eigenvalue weighted by atomic mass is 32.1. The molecule has 0 spiro atoms. The zero-order chi connectivity index (χ0) is 13.4. The van der Waals surface area contributed by atoms with Crippen molar-refractivity contribution < 1.29 is 0 Å². The lowest BCUT2D eigenvalue weighted by Crippen LogP contribution is -2.19. The van der Waals surface area contributed by atoms with Gasteiger partial charge in [-0.15, -0.1) is 11.3 Å². The zero-order valence-corrected chi connectivity index (χ0v) is 13.5. The van der Waals surface area contributed by atoms with Crippen molar-refractivity contribution in [3.8, 4) is 0 Å². The van der Waals surface area contributed by atoms with Crippen molar-refractivity contribution in [2.24, 2.45) is 0 Å². The van der Waals surface area contributed by atoms with E-state index in [1.807, 2.05) is 11.3 Å². The fourth-order valence-electron chi connectivity index (χ4n) is 2.12. The minimum absolute atomic E-state index is 0.232. The van der Waals surface area contributed by atoms with E-state index in [0.717, 1.165) is 6.42 Å². The number of hydrogen-bond acceptors (Lipinski definition) is 2. The van der Waals surface area contributed by atoms with E-state index in [9.17, 15) is 0 Å². The molecule has 0 saturated carbocycles. The van der Waals surface area contributed by atoms with Crippen molar-refractivity contribution in [3.63, 3.8) is 0 Å². The van der Waals surface area contributed by atoms with Crippen LogP contribution in [0.3, 0.4) is 0 Å². The molecule has 0 N–H and O–H groups in total. The van der Waals surface area contributed by atoms with E-state index >= 15 is 0 Å². The van der Waals surface area contributed by atoms with E-state index < -0.39 is 0 Å². The van der Waals surface area contributed by atoms with Crippen LogP contribution in [-0.4, -0.2) is 0 Å². The van der Waals surface area contributed by atoms with Crippen LogP contribution in [0.5, 0.6) is 0 Å². The van der Waals surface area contributed by atoms with Gasteiger partial charge in [0.15, 0.2) is 0 Å². The smallest absolute Gasteiger partial charge is 0.0102 e. The Balaban J connectivity index is 2.17. The SMILES string of the molecule is CC(C)(C)c1cc(CC(C)(C)c2ccsc2)cs1. The van der Waals surface area contributed by atoms with E-state index in [1.54, 1.807) is 11.3 Å². The van der Waals surface area contributed by atoms with Gasteiger partial charge in [0, 0.05) is 4.88 Å². The Bertz CT molecular complexity index is 495. The Labute approximate surface area is 119 Å². The average Bonchev–Trinajstić information content (AvgIpc) is 2.83. The van der Waals surface area contributed by atoms with Crippen LogP contribution in [0.15, 0.2) is 28.3 Å². The second-order valence-electron chi connectivity index (χ2n) is 6.64. The van der Waals surface area contributed by atoms with E-state index in [-0.39, 0.29) is 10.8 Å². The van der Waals surface area contributed by atoms with Crippen LogP contribution in [0.25, 0.3) is 0 Å². The zero-order valence-electron chi connectivity index (χ0n) is 11.9. The molecule has 2 heterocycles. The Morgan fingerprint density at radius 1 is 1.06 bits per heavy atom.